The molecule has 2 heterocycles. The summed E-state index contributed by atoms with van der Waals surface area (Å²) in [7, 11) is 0. The van der Waals surface area contributed by atoms with Crippen molar-refractivity contribution >= 4 is 22.4 Å². The van der Waals surface area contributed by atoms with E-state index in [1.165, 1.54) is 49.1 Å². The Morgan fingerprint density at radius 2 is 2.10 bits per heavy atom. The monoisotopic (exact) mass is 293 g/mol. The Balaban J connectivity index is 1.54. The van der Waals surface area contributed by atoms with Gasteiger partial charge in [0.05, 0.1) is 5.69 Å². The predicted octanol–water partition coefficient (Wildman–Crippen LogP) is 3.09. The van der Waals surface area contributed by atoms with Gasteiger partial charge < -0.3 is 10.6 Å². The van der Waals surface area contributed by atoms with Crippen LogP contribution in [0.3, 0.4) is 0 Å². The van der Waals surface area contributed by atoms with Gasteiger partial charge in [-0.3, -0.25) is 4.79 Å². The smallest absolute Gasteiger partial charge is 0.226 e. The second-order valence-corrected chi connectivity index (χ2v) is 7.01. The molecule has 2 N–H and O–H groups in total. The molecule has 3 rings (SSSR count). The molecule has 5 heteroatoms. The molecule has 1 aliphatic heterocycles. The molecule has 1 saturated carbocycles. The molecule has 1 amide bonds. The quantitative estimate of drug-likeness (QED) is 0.842. The van der Waals surface area contributed by atoms with Gasteiger partial charge in [0.15, 0.2) is 5.13 Å². The first-order valence-corrected chi connectivity index (χ1v) is 8.62. The molecule has 0 aromatic carbocycles. The molecule has 0 saturated heterocycles. The van der Waals surface area contributed by atoms with Crippen LogP contribution >= 0.6 is 11.3 Å². The van der Waals surface area contributed by atoms with Crippen LogP contribution in [-0.4, -0.2) is 17.4 Å². The third-order valence-corrected chi connectivity index (χ3v) is 5.31. The number of amides is 1. The molecule has 110 valence electrons. The Kier molecular flexibility index (Phi) is 4.68. The van der Waals surface area contributed by atoms with Crippen molar-refractivity contribution in [3.8, 4) is 0 Å². The van der Waals surface area contributed by atoms with Crippen molar-refractivity contribution in [2.45, 2.75) is 57.9 Å². The molecular weight excluding hydrogens is 270 g/mol. The van der Waals surface area contributed by atoms with E-state index >= 15 is 0 Å². The number of nitrogens with zero attached hydrogens (tertiary/aromatic N) is 1. The minimum absolute atomic E-state index is 0.149. The Hall–Kier alpha value is -0.940. The molecule has 0 atom stereocenters. The average molecular weight is 293 g/mol. The lowest BCUT2D eigenvalue weighted by Crippen LogP contribution is -2.22. The Labute approximate surface area is 124 Å². The van der Waals surface area contributed by atoms with Gasteiger partial charge in [-0.15, -0.1) is 11.3 Å². The molecular formula is C15H23N3OS. The minimum atomic E-state index is 0.149. The van der Waals surface area contributed by atoms with E-state index in [-0.39, 0.29) is 5.91 Å². The van der Waals surface area contributed by atoms with Gasteiger partial charge in [-0.2, -0.15) is 0 Å². The highest BCUT2D eigenvalue weighted by atomic mass is 32.1. The number of hydrogen-bond acceptors (Lipinski definition) is 4. The van der Waals surface area contributed by atoms with Crippen LogP contribution in [0.5, 0.6) is 0 Å². The zero-order chi connectivity index (χ0) is 13.8. The number of carbonyl (C=O) groups is 1. The van der Waals surface area contributed by atoms with Crippen molar-refractivity contribution in [1.82, 2.24) is 10.3 Å². The number of nitrogens with one attached hydrogen (secondary N) is 2. The Morgan fingerprint density at radius 1 is 1.30 bits per heavy atom. The third kappa shape index (κ3) is 3.58. The van der Waals surface area contributed by atoms with E-state index in [0.29, 0.717) is 12.3 Å². The van der Waals surface area contributed by atoms with E-state index in [0.717, 1.165) is 24.6 Å². The second kappa shape index (κ2) is 6.68. The van der Waals surface area contributed by atoms with E-state index in [1.807, 2.05) is 0 Å². The fourth-order valence-corrected chi connectivity index (χ4v) is 4.17. The lowest BCUT2D eigenvalue weighted by Gasteiger charge is -2.12. The van der Waals surface area contributed by atoms with Gasteiger partial charge in [0.2, 0.25) is 5.91 Å². The van der Waals surface area contributed by atoms with Gasteiger partial charge >= 0.3 is 0 Å². The van der Waals surface area contributed by atoms with Gasteiger partial charge in [0.25, 0.3) is 0 Å². The predicted molar refractivity (Wildman–Crippen MR) is 82.0 cm³/mol. The van der Waals surface area contributed by atoms with Crippen molar-refractivity contribution in [2.75, 3.05) is 11.9 Å². The van der Waals surface area contributed by atoms with E-state index < -0.39 is 0 Å². The summed E-state index contributed by atoms with van der Waals surface area (Å²) in [5, 5.41) is 7.13. The number of anilines is 1. The number of hydrogen-bond donors (Lipinski definition) is 2. The van der Waals surface area contributed by atoms with Crippen LogP contribution < -0.4 is 10.6 Å². The highest BCUT2D eigenvalue weighted by Crippen LogP contribution is 2.28. The van der Waals surface area contributed by atoms with Gasteiger partial charge in [0, 0.05) is 30.8 Å². The summed E-state index contributed by atoms with van der Waals surface area (Å²) < 4.78 is 0. The lowest BCUT2D eigenvalue weighted by atomic mass is 9.96. The number of fused-ring (bicyclic) bond motifs is 1. The maximum atomic E-state index is 12.1. The summed E-state index contributed by atoms with van der Waals surface area (Å²) in [6.07, 6.45) is 9.32. The van der Waals surface area contributed by atoms with Crippen LogP contribution in [0.1, 0.15) is 55.5 Å². The van der Waals surface area contributed by atoms with Gasteiger partial charge in [-0.25, -0.2) is 4.98 Å². The zero-order valence-electron chi connectivity index (χ0n) is 11.9. The molecule has 0 radical (unpaired) electrons. The summed E-state index contributed by atoms with van der Waals surface area (Å²) in [5.41, 5.74) is 1.17. The van der Waals surface area contributed by atoms with Crippen LogP contribution in [0.2, 0.25) is 0 Å². The third-order valence-electron chi connectivity index (χ3n) is 4.30. The van der Waals surface area contributed by atoms with Gasteiger partial charge in [-0.1, -0.05) is 25.7 Å². The van der Waals surface area contributed by atoms with Gasteiger partial charge in [0.1, 0.15) is 0 Å². The topological polar surface area (TPSA) is 54.0 Å². The van der Waals surface area contributed by atoms with Crippen LogP contribution in [0, 0.1) is 5.92 Å². The van der Waals surface area contributed by atoms with Crippen molar-refractivity contribution in [1.29, 1.82) is 0 Å². The standard InChI is InChI=1S/C15H23N3OS/c19-14(9-11-5-3-1-2-4-6-11)18-15-17-12-7-8-16-10-13(12)20-15/h11,16H,1-10H2,(H,17,18,19). The SMILES string of the molecule is O=C(CC1CCCCCC1)Nc1nc2c(s1)CNCC2. The van der Waals surface area contributed by atoms with Crippen LogP contribution in [0.4, 0.5) is 5.13 Å². The van der Waals surface area contributed by atoms with Crippen LogP contribution in [-0.2, 0) is 17.8 Å². The van der Waals surface area contributed by atoms with Crippen molar-refractivity contribution < 1.29 is 4.79 Å². The number of aromatic nitrogens is 1. The molecule has 4 nitrogen and oxygen atoms in total. The molecule has 0 bridgehead atoms. The van der Waals surface area contributed by atoms with E-state index in [4.69, 9.17) is 0 Å². The number of carbonyl (C=O) groups excluding carboxylic acids is 1. The maximum absolute atomic E-state index is 12.1. The highest BCUT2D eigenvalue weighted by Gasteiger charge is 2.19. The fourth-order valence-electron chi connectivity index (χ4n) is 3.18. The summed E-state index contributed by atoms with van der Waals surface area (Å²) in [6, 6.07) is 0. The van der Waals surface area contributed by atoms with Crippen molar-refractivity contribution in [2.24, 2.45) is 5.92 Å². The first-order chi connectivity index (χ1) is 9.81. The average Bonchev–Trinajstić information content (AvgIpc) is 2.66. The summed E-state index contributed by atoms with van der Waals surface area (Å²) in [5.74, 6) is 0.727. The van der Waals surface area contributed by atoms with Crippen molar-refractivity contribution in [3.63, 3.8) is 0 Å². The molecule has 0 spiro atoms. The lowest BCUT2D eigenvalue weighted by molar-refractivity contribution is -0.117. The molecule has 1 fully saturated rings. The van der Waals surface area contributed by atoms with E-state index in [9.17, 15) is 4.79 Å². The first kappa shape index (κ1) is 14.0. The summed E-state index contributed by atoms with van der Waals surface area (Å²) in [4.78, 5) is 18.0. The Morgan fingerprint density at radius 3 is 2.85 bits per heavy atom. The minimum Gasteiger partial charge on any atom is -0.311 e. The maximum Gasteiger partial charge on any atom is 0.226 e. The molecule has 20 heavy (non-hydrogen) atoms. The molecule has 1 aromatic heterocycles. The van der Waals surface area contributed by atoms with E-state index in [2.05, 4.69) is 15.6 Å². The molecule has 0 unspecified atom stereocenters. The second-order valence-electron chi connectivity index (χ2n) is 5.93. The summed E-state index contributed by atoms with van der Waals surface area (Å²) in [6.45, 7) is 1.89. The van der Waals surface area contributed by atoms with Gasteiger partial charge in [-0.05, 0) is 18.8 Å². The Bertz CT molecular complexity index is 440. The molecule has 2 aliphatic rings. The number of rotatable bonds is 3. The normalized spacial score (nSPS) is 20.2. The number of thiazole rings is 1. The van der Waals surface area contributed by atoms with Crippen LogP contribution in [0.25, 0.3) is 0 Å². The fraction of sp³-hybridized carbons (Fsp3) is 0.733. The zero-order valence-corrected chi connectivity index (χ0v) is 12.7. The van der Waals surface area contributed by atoms with E-state index in [1.54, 1.807) is 11.3 Å². The largest absolute Gasteiger partial charge is 0.311 e. The summed E-state index contributed by atoms with van der Waals surface area (Å²) >= 11 is 1.62. The highest BCUT2D eigenvalue weighted by molar-refractivity contribution is 7.15. The van der Waals surface area contributed by atoms with Crippen LogP contribution in [0.15, 0.2) is 0 Å². The first-order valence-electron chi connectivity index (χ1n) is 7.80. The van der Waals surface area contributed by atoms with Crippen molar-refractivity contribution in [3.05, 3.63) is 10.6 Å². The molecule has 1 aliphatic carbocycles. The molecule has 1 aromatic rings.